The number of rotatable bonds is 2. The van der Waals surface area contributed by atoms with E-state index in [1.807, 2.05) is 26.8 Å². The molecule has 2 aromatic heterocycles. The molecule has 18 heavy (non-hydrogen) atoms. The molecule has 2 heterocycles. The topological polar surface area (TPSA) is 55.7 Å². The molecule has 0 spiro atoms. The van der Waals surface area contributed by atoms with Crippen LogP contribution in [0.4, 0.5) is 0 Å². The van der Waals surface area contributed by atoms with E-state index >= 15 is 0 Å². The van der Waals surface area contributed by atoms with Crippen molar-refractivity contribution in [3.8, 4) is 11.4 Å². The summed E-state index contributed by atoms with van der Waals surface area (Å²) < 4.78 is 0. The summed E-state index contributed by atoms with van der Waals surface area (Å²) in [6.07, 6.45) is 4.92. The summed E-state index contributed by atoms with van der Waals surface area (Å²) in [4.78, 5) is 24.9. The van der Waals surface area contributed by atoms with Crippen molar-refractivity contribution in [2.45, 2.75) is 20.8 Å². The minimum atomic E-state index is -0.474. The monoisotopic (exact) mass is 241 g/mol. The van der Waals surface area contributed by atoms with E-state index in [9.17, 15) is 4.79 Å². The second-order valence-corrected chi connectivity index (χ2v) is 5.05. The van der Waals surface area contributed by atoms with Gasteiger partial charge >= 0.3 is 0 Å². The van der Waals surface area contributed by atoms with Crippen LogP contribution in [0, 0.1) is 5.41 Å². The highest BCUT2D eigenvalue weighted by Crippen LogP contribution is 2.25. The maximum Gasteiger partial charge on any atom is 0.187 e. The Hall–Kier alpha value is -2.10. The fourth-order valence-corrected chi connectivity index (χ4v) is 1.56. The number of hydrogen-bond acceptors (Lipinski definition) is 4. The molecule has 2 aromatic rings. The number of Topliss-reactive ketones (excluding diaryl/α,β-unsaturated/α-hetero) is 1. The first kappa shape index (κ1) is 12.4. The van der Waals surface area contributed by atoms with Crippen molar-refractivity contribution in [1.82, 2.24) is 15.0 Å². The van der Waals surface area contributed by atoms with Crippen LogP contribution in [0.15, 0.2) is 36.8 Å². The zero-order chi connectivity index (χ0) is 13.2. The number of ketones is 1. The summed E-state index contributed by atoms with van der Waals surface area (Å²) in [7, 11) is 0. The van der Waals surface area contributed by atoms with E-state index in [0.717, 1.165) is 0 Å². The standard InChI is InChI=1S/C14H15N3O/c1-14(2,3)12(18)11-10(6-4-7-15-11)13-16-8-5-9-17-13/h4-9H,1-3H3. The fraction of sp³-hybridized carbons (Fsp3) is 0.286. The van der Waals surface area contributed by atoms with Crippen LogP contribution in [0.25, 0.3) is 11.4 Å². The molecule has 0 unspecified atom stereocenters. The molecule has 0 atom stereocenters. The summed E-state index contributed by atoms with van der Waals surface area (Å²) in [5.41, 5.74) is 0.631. The van der Waals surface area contributed by atoms with Crippen LogP contribution in [0.1, 0.15) is 31.3 Å². The number of carbonyl (C=O) groups is 1. The molecule has 0 aromatic carbocycles. The van der Waals surface area contributed by atoms with Crippen molar-refractivity contribution in [3.63, 3.8) is 0 Å². The van der Waals surface area contributed by atoms with E-state index in [-0.39, 0.29) is 5.78 Å². The van der Waals surface area contributed by atoms with Crippen LogP contribution in [0.3, 0.4) is 0 Å². The van der Waals surface area contributed by atoms with Crippen molar-refractivity contribution < 1.29 is 4.79 Å². The number of nitrogens with zero attached hydrogens (tertiary/aromatic N) is 3. The Morgan fingerprint density at radius 3 is 2.22 bits per heavy atom. The molecule has 4 heteroatoms. The lowest BCUT2D eigenvalue weighted by atomic mass is 9.87. The third-order valence-corrected chi connectivity index (χ3v) is 2.51. The molecule has 92 valence electrons. The first-order valence-corrected chi connectivity index (χ1v) is 5.77. The van der Waals surface area contributed by atoms with Crippen molar-refractivity contribution in [2.75, 3.05) is 0 Å². The highest BCUT2D eigenvalue weighted by atomic mass is 16.1. The molecule has 0 saturated heterocycles. The molecule has 0 aliphatic carbocycles. The zero-order valence-corrected chi connectivity index (χ0v) is 10.7. The van der Waals surface area contributed by atoms with Crippen LogP contribution in [0.5, 0.6) is 0 Å². The predicted octanol–water partition coefficient (Wildman–Crippen LogP) is 2.77. The largest absolute Gasteiger partial charge is 0.292 e. The first-order chi connectivity index (χ1) is 8.50. The first-order valence-electron chi connectivity index (χ1n) is 5.77. The van der Waals surface area contributed by atoms with E-state index in [4.69, 9.17) is 0 Å². The van der Waals surface area contributed by atoms with E-state index in [0.29, 0.717) is 17.1 Å². The molecular weight excluding hydrogens is 226 g/mol. The number of pyridine rings is 1. The summed E-state index contributed by atoms with van der Waals surface area (Å²) in [5, 5.41) is 0. The molecule has 0 fully saturated rings. The molecular formula is C14H15N3O. The second kappa shape index (κ2) is 4.64. The Balaban J connectivity index is 2.54. The smallest absolute Gasteiger partial charge is 0.187 e. The minimum absolute atomic E-state index is 0.00875. The van der Waals surface area contributed by atoms with Gasteiger partial charge in [-0.3, -0.25) is 9.78 Å². The average molecular weight is 241 g/mol. The van der Waals surface area contributed by atoms with Gasteiger partial charge in [-0.05, 0) is 18.2 Å². The Labute approximate surface area is 106 Å². The third kappa shape index (κ3) is 2.42. The van der Waals surface area contributed by atoms with Crippen molar-refractivity contribution in [1.29, 1.82) is 0 Å². The van der Waals surface area contributed by atoms with E-state index in [2.05, 4.69) is 15.0 Å². The minimum Gasteiger partial charge on any atom is -0.292 e. The predicted molar refractivity (Wildman–Crippen MR) is 69.0 cm³/mol. The van der Waals surface area contributed by atoms with Gasteiger partial charge in [0, 0.05) is 29.6 Å². The molecule has 0 amide bonds. The average Bonchev–Trinajstić information content (AvgIpc) is 2.38. The van der Waals surface area contributed by atoms with Crippen molar-refractivity contribution in [2.24, 2.45) is 5.41 Å². The van der Waals surface area contributed by atoms with Crippen LogP contribution in [-0.4, -0.2) is 20.7 Å². The van der Waals surface area contributed by atoms with E-state index in [1.165, 1.54) is 0 Å². The third-order valence-electron chi connectivity index (χ3n) is 2.51. The van der Waals surface area contributed by atoms with Crippen LogP contribution in [-0.2, 0) is 0 Å². The summed E-state index contributed by atoms with van der Waals surface area (Å²) in [6.45, 7) is 5.62. The number of carbonyl (C=O) groups excluding carboxylic acids is 1. The lowest BCUT2D eigenvalue weighted by molar-refractivity contribution is 0.0853. The Morgan fingerprint density at radius 1 is 1.00 bits per heavy atom. The van der Waals surface area contributed by atoms with Gasteiger partial charge in [0.1, 0.15) is 5.69 Å². The van der Waals surface area contributed by atoms with Crippen molar-refractivity contribution in [3.05, 3.63) is 42.5 Å². The van der Waals surface area contributed by atoms with Crippen LogP contribution < -0.4 is 0 Å². The Morgan fingerprint density at radius 2 is 1.61 bits per heavy atom. The van der Waals surface area contributed by atoms with Gasteiger partial charge in [0.25, 0.3) is 0 Å². The quantitative estimate of drug-likeness (QED) is 0.758. The van der Waals surface area contributed by atoms with Gasteiger partial charge in [0.05, 0.1) is 0 Å². The van der Waals surface area contributed by atoms with Crippen LogP contribution >= 0.6 is 0 Å². The van der Waals surface area contributed by atoms with Gasteiger partial charge in [-0.15, -0.1) is 0 Å². The Kier molecular flexibility index (Phi) is 3.19. The van der Waals surface area contributed by atoms with Gasteiger partial charge < -0.3 is 0 Å². The van der Waals surface area contributed by atoms with Gasteiger partial charge in [-0.1, -0.05) is 20.8 Å². The van der Waals surface area contributed by atoms with Gasteiger partial charge in [0.2, 0.25) is 0 Å². The second-order valence-electron chi connectivity index (χ2n) is 5.05. The maximum atomic E-state index is 12.3. The van der Waals surface area contributed by atoms with Gasteiger partial charge in [-0.25, -0.2) is 9.97 Å². The van der Waals surface area contributed by atoms with Crippen molar-refractivity contribution >= 4 is 5.78 Å². The highest BCUT2D eigenvalue weighted by Gasteiger charge is 2.27. The fourth-order valence-electron chi connectivity index (χ4n) is 1.56. The maximum absolute atomic E-state index is 12.3. The van der Waals surface area contributed by atoms with E-state index < -0.39 is 5.41 Å². The Bertz CT molecular complexity index is 559. The summed E-state index contributed by atoms with van der Waals surface area (Å²) >= 11 is 0. The lowest BCUT2D eigenvalue weighted by Gasteiger charge is -2.17. The summed E-state index contributed by atoms with van der Waals surface area (Å²) in [6, 6.07) is 5.34. The molecule has 0 N–H and O–H groups in total. The van der Waals surface area contributed by atoms with E-state index in [1.54, 1.807) is 30.7 Å². The lowest BCUT2D eigenvalue weighted by Crippen LogP contribution is -2.22. The summed E-state index contributed by atoms with van der Waals surface area (Å²) in [5.74, 6) is 0.517. The molecule has 0 saturated carbocycles. The number of hydrogen-bond donors (Lipinski definition) is 0. The van der Waals surface area contributed by atoms with Crippen LogP contribution in [0.2, 0.25) is 0 Å². The molecule has 0 bridgehead atoms. The zero-order valence-electron chi connectivity index (χ0n) is 10.7. The molecule has 0 aliphatic rings. The van der Waals surface area contributed by atoms with Gasteiger partial charge in [0.15, 0.2) is 11.6 Å². The normalized spacial score (nSPS) is 11.3. The SMILES string of the molecule is CC(C)(C)C(=O)c1ncccc1-c1ncccn1. The van der Waals surface area contributed by atoms with Gasteiger partial charge in [-0.2, -0.15) is 0 Å². The molecule has 0 aliphatic heterocycles. The molecule has 2 rings (SSSR count). The molecule has 0 radical (unpaired) electrons. The molecule has 4 nitrogen and oxygen atoms in total. The highest BCUT2D eigenvalue weighted by molar-refractivity contribution is 6.02. The number of aromatic nitrogens is 3.